The zero-order valence-electron chi connectivity index (χ0n) is 17.7. The van der Waals surface area contributed by atoms with E-state index in [1.807, 2.05) is 92.1 Å². The number of anilines is 1. The SMILES string of the molecule is Cn1cc(-c2cc(C(=O)Nc3ccccc3Sc3ccc(Cl)cc3)c3ccccc3n2)cn1. The van der Waals surface area contributed by atoms with Gasteiger partial charge < -0.3 is 5.32 Å². The number of para-hydroxylation sites is 2. The van der Waals surface area contributed by atoms with Crippen LogP contribution in [0.5, 0.6) is 0 Å². The second-order valence-corrected chi connectivity index (χ2v) is 9.03. The second-order valence-electron chi connectivity index (χ2n) is 7.48. The van der Waals surface area contributed by atoms with Gasteiger partial charge in [-0.15, -0.1) is 0 Å². The average Bonchev–Trinajstić information content (AvgIpc) is 3.27. The standard InChI is InChI=1S/C26H19ClN4OS/c1-31-16-17(15-28-31)24-14-21(20-6-2-3-7-22(20)29-24)26(32)30-23-8-4-5-9-25(23)33-19-12-10-18(27)11-13-19/h2-16H,1H3,(H,30,32). The molecule has 0 atom stereocenters. The molecule has 0 radical (unpaired) electrons. The van der Waals surface area contributed by atoms with Crippen molar-refractivity contribution in [2.75, 3.05) is 5.32 Å². The number of amides is 1. The lowest BCUT2D eigenvalue weighted by molar-refractivity contribution is 0.102. The van der Waals surface area contributed by atoms with Crippen molar-refractivity contribution >= 4 is 45.9 Å². The maximum Gasteiger partial charge on any atom is 0.256 e. The van der Waals surface area contributed by atoms with Crippen LogP contribution in [0.15, 0.2) is 101 Å². The predicted octanol–water partition coefficient (Wildman–Crippen LogP) is 6.69. The molecule has 0 unspecified atom stereocenters. The van der Waals surface area contributed by atoms with E-state index in [0.717, 1.165) is 31.9 Å². The molecule has 33 heavy (non-hydrogen) atoms. The number of nitrogens with zero attached hydrogens (tertiary/aromatic N) is 3. The highest BCUT2D eigenvalue weighted by atomic mass is 35.5. The number of nitrogens with one attached hydrogen (secondary N) is 1. The minimum absolute atomic E-state index is 0.192. The van der Waals surface area contributed by atoms with Crippen LogP contribution in [0.2, 0.25) is 5.02 Å². The number of halogens is 1. The summed E-state index contributed by atoms with van der Waals surface area (Å²) >= 11 is 7.58. The van der Waals surface area contributed by atoms with Crippen LogP contribution in [0.25, 0.3) is 22.2 Å². The summed E-state index contributed by atoms with van der Waals surface area (Å²) in [5, 5.41) is 8.82. The lowest BCUT2D eigenvalue weighted by atomic mass is 10.0. The number of pyridine rings is 1. The van der Waals surface area contributed by atoms with E-state index >= 15 is 0 Å². The third-order valence-electron chi connectivity index (χ3n) is 5.14. The number of carbonyl (C=O) groups excluding carboxylic acids is 1. The molecular weight excluding hydrogens is 452 g/mol. The molecule has 0 spiro atoms. The van der Waals surface area contributed by atoms with Gasteiger partial charge in [-0.05, 0) is 48.5 Å². The van der Waals surface area contributed by atoms with Crippen molar-refractivity contribution in [1.82, 2.24) is 14.8 Å². The van der Waals surface area contributed by atoms with Crippen molar-refractivity contribution in [2.45, 2.75) is 9.79 Å². The van der Waals surface area contributed by atoms with E-state index in [2.05, 4.69) is 10.4 Å². The average molecular weight is 471 g/mol. The van der Waals surface area contributed by atoms with Crippen LogP contribution in [0.3, 0.4) is 0 Å². The maximum atomic E-state index is 13.5. The molecule has 2 aromatic heterocycles. The Balaban J connectivity index is 1.50. The Morgan fingerprint density at radius 2 is 1.76 bits per heavy atom. The van der Waals surface area contributed by atoms with Gasteiger partial charge in [-0.1, -0.05) is 53.7 Å². The summed E-state index contributed by atoms with van der Waals surface area (Å²) in [6.45, 7) is 0. The molecule has 162 valence electrons. The normalized spacial score (nSPS) is 11.0. The first kappa shape index (κ1) is 21.2. The van der Waals surface area contributed by atoms with E-state index < -0.39 is 0 Å². The molecule has 5 rings (SSSR count). The Labute approximate surface area is 200 Å². The van der Waals surface area contributed by atoms with Crippen molar-refractivity contribution in [3.8, 4) is 11.3 Å². The first-order valence-electron chi connectivity index (χ1n) is 10.3. The van der Waals surface area contributed by atoms with Crippen molar-refractivity contribution in [1.29, 1.82) is 0 Å². The number of carbonyl (C=O) groups is 1. The zero-order valence-corrected chi connectivity index (χ0v) is 19.3. The Morgan fingerprint density at radius 1 is 1.00 bits per heavy atom. The number of rotatable bonds is 5. The maximum absolute atomic E-state index is 13.5. The van der Waals surface area contributed by atoms with Crippen LogP contribution in [-0.4, -0.2) is 20.7 Å². The van der Waals surface area contributed by atoms with E-state index in [1.54, 1.807) is 22.6 Å². The van der Waals surface area contributed by atoms with Crippen LogP contribution >= 0.6 is 23.4 Å². The summed E-state index contributed by atoms with van der Waals surface area (Å²) < 4.78 is 1.72. The molecule has 2 heterocycles. The molecule has 0 saturated heterocycles. The Morgan fingerprint density at radius 3 is 2.55 bits per heavy atom. The highest BCUT2D eigenvalue weighted by Gasteiger charge is 2.16. The van der Waals surface area contributed by atoms with Gasteiger partial charge in [0.2, 0.25) is 0 Å². The number of hydrogen-bond acceptors (Lipinski definition) is 4. The van der Waals surface area contributed by atoms with Crippen LogP contribution in [0.4, 0.5) is 5.69 Å². The van der Waals surface area contributed by atoms with E-state index in [4.69, 9.17) is 16.6 Å². The molecule has 0 aliphatic carbocycles. The molecule has 0 aliphatic rings. The monoisotopic (exact) mass is 470 g/mol. The van der Waals surface area contributed by atoms with Crippen molar-refractivity contribution in [2.24, 2.45) is 7.05 Å². The molecular formula is C26H19ClN4OS. The molecule has 0 fully saturated rings. The van der Waals surface area contributed by atoms with Crippen LogP contribution < -0.4 is 5.32 Å². The Bertz CT molecular complexity index is 1460. The third-order valence-corrected chi connectivity index (χ3v) is 6.47. The fourth-order valence-electron chi connectivity index (χ4n) is 3.54. The van der Waals surface area contributed by atoms with Crippen LogP contribution in [0, 0.1) is 0 Å². The first-order valence-corrected chi connectivity index (χ1v) is 11.5. The van der Waals surface area contributed by atoms with Crippen LogP contribution in [0.1, 0.15) is 10.4 Å². The summed E-state index contributed by atoms with van der Waals surface area (Å²) in [6.07, 6.45) is 3.63. The van der Waals surface area contributed by atoms with Gasteiger partial charge in [-0.25, -0.2) is 4.98 Å². The molecule has 0 aliphatic heterocycles. The number of aryl methyl sites for hydroxylation is 1. The molecule has 1 amide bonds. The van der Waals surface area contributed by atoms with Gasteiger partial charge in [0.25, 0.3) is 5.91 Å². The second kappa shape index (κ2) is 9.10. The lowest BCUT2D eigenvalue weighted by Gasteiger charge is -2.13. The van der Waals surface area contributed by atoms with Gasteiger partial charge in [0.1, 0.15) is 0 Å². The molecule has 0 bridgehead atoms. The third kappa shape index (κ3) is 4.62. The van der Waals surface area contributed by atoms with Crippen LogP contribution in [-0.2, 0) is 7.05 Å². The molecule has 0 saturated carbocycles. The smallest absolute Gasteiger partial charge is 0.256 e. The lowest BCUT2D eigenvalue weighted by Crippen LogP contribution is -2.13. The number of benzene rings is 3. The van der Waals surface area contributed by atoms with Gasteiger partial charge in [-0.2, -0.15) is 5.10 Å². The molecule has 3 aromatic carbocycles. The molecule has 1 N–H and O–H groups in total. The van der Waals surface area contributed by atoms with E-state index in [9.17, 15) is 4.79 Å². The molecule has 5 aromatic rings. The molecule has 5 nitrogen and oxygen atoms in total. The summed E-state index contributed by atoms with van der Waals surface area (Å²) in [4.78, 5) is 20.2. The summed E-state index contributed by atoms with van der Waals surface area (Å²) in [5.41, 5.74) is 3.62. The van der Waals surface area contributed by atoms with Gasteiger partial charge in [0.15, 0.2) is 0 Å². The zero-order chi connectivity index (χ0) is 22.8. The van der Waals surface area contributed by atoms with E-state index in [-0.39, 0.29) is 5.91 Å². The van der Waals surface area contributed by atoms with E-state index in [0.29, 0.717) is 16.3 Å². The van der Waals surface area contributed by atoms with Crippen molar-refractivity contribution in [3.05, 3.63) is 102 Å². The minimum Gasteiger partial charge on any atom is -0.321 e. The fraction of sp³-hybridized carbons (Fsp3) is 0.0385. The van der Waals surface area contributed by atoms with Gasteiger partial charge >= 0.3 is 0 Å². The Hall–Kier alpha value is -3.61. The topological polar surface area (TPSA) is 59.8 Å². The summed E-state index contributed by atoms with van der Waals surface area (Å²) in [5.74, 6) is -0.192. The van der Waals surface area contributed by atoms with E-state index in [1.165, 1.54) is 0 Å². The quantitative estimate of drug-likeness (QED) is 0.311. The van der Waals surface area contributed by atoms with Gasteiger partial charge in [-0.3, -0.25) is 9.48 Å². The minimum atomic E-state index is -0.192. The molecule has 7 heteroatoms. The fourth-order valence-corrected chi connectivity index (χ4v) is 4.57. The number of fused-ring (bicyclic) bond motifs is 1. The van der Waals surface area contributed by atoms with Gasteiger partial charge in [0, 0.05) is 39.0 Å². The Kier molecular flexibility index (Phi) is 5.86. The van der Waals surface area contributed by atoms with Crippen molar-refractivity contribution in [3.63, 3.8) is 0 Å². The highest BCUT2D eigenvalue weighted by Crippen LogP contribution is 2.34. The largest absolute Gasteiger partial charge is 0.321 e. The highest BCUT2D eigenvalue weighted by molar-refractivity contribution is 7.99. The summed E-state index contributed by atoms with van der Waals surface area (Å²) in [7, 11) is 1.85. The first-order chi connectivity index (χ1) is 16.1. The summed E-state index contributed by atoms with van der Waals surface area (Å²) in [6, 6.07) is 24.9. The number of hydrogen-bond donors (Lipinski definition) is 1. The number of aromatic nitrogens is 3. The van der Waals surface area contributed by atoms with Gasteiger partial charge in [0.05, 0.1) is 28.7 Å². The van der Waals surface area contributed by atoms with Crippen molar-refractivity contribution < 1.29 is 4.79 Å². The predicted molar refractivity (Wildman–Crippen MR) is 134 cm³/mol.